The number of nitrogens with zero attached hydrogens (tertiary/aromatic N) is 2. The Bertz CT molecular complexity index is 876. The maximum atomic E-state index is 13.4. The number of amides is 2. The van der Waals surface area contributed by atoms with Crippen LogP contribution in [0.2, 0.25) is 0 Å². The molecule has 1 atom stereocenters. The third-order valence-electron chi connectivity index (χ3n) is 6.50. The lowest BCUT2D eigenvalue weighted by Gasteiger charge is -2.35. The van der Waals surface area contributed by atoms with Crippen LogP contribution in [0.1, 0.15) is 37.7 Å². The largest absolute Gasteiger partial charge is 0.493 e. The van der Waals surface area contributed by atoms with Gasteiger partial charge in [-0.1, -0.05) is 48.5 Å². The first-order valence-electron chi connectivity index (χ1n) is 12.1. The van der Waals surface area contributed by atoms with Gasteiger partial charge in [-0.15, -0.1) is 0 Å². The summed E-state index contributed by atoms with van der Waals surface area (Å²) in [5.41, 5.74) is 1.13. The molecule has 2 aliphatic heterocycles. The predicted molar refractivity (Wildman–Crippen MR) is 127 cm³/mol. The Morgan fingerprint density at radius 1 is 0.970 bits per heavy atom. The lowest BCUT2D eigenvalue weighted by Crippen LogP contribution is -2.46. The number of rotatable bonds is 9. The lowest BCUT2D eigenvalue weighted by molar-refractivity contribution is -0.142. The van der Waals surface area contributed by atoms with Gasteiger partial charge in [0.05, 0.1) is 19.1 Å². The van der Waals surface area contributed by atoms with Crippen LogP contribution in [0, 0.1) is 5.92 Å². The quantitative estimate of drug-likeness (QED) is 0.581. The van der Waals surface area contributed by atoms with Crippen molar-refractivity contribution in [3.05, 3.63) is 66.2 Å². The van der Waals surface area contributed by atoms with E-state index in [0.717, 1.165) is 30.8 Å². The monoisotopic (exact) mass is 450 g/mol. The molecule has 6 nitrogen and oxygen atoms in total. The Hall–Kier alpha value is -2.86. The summed E-state index contributed by atoms with van der Waals surface area (Å²) in [6, 6.07) is 19.7. The number of ether oxygens (including phenoxy) is 2. The first-order valence-corrected chi connectivity index (χ1v) is 12.1. The second-order valence-corrected chi connectivity index (χ2v) is 8.91. The lowest BCUT2D eigenvalue weighted by atomic mass is 9.94. The van der Waals surface area contributed by atoms with E-state index in [-0.39, 0.29) is 23.8 Å². The van der Waals surface area contributed by atoms with Gasteiger partial charge < -0.3 is 19.3 Å². The maximum absolute atomic E-state index is 13.4. The molecule has 33 heavy (non-hydrogen) atoms. The zero-order chi connectivity index (χ0) is 22.9. The second kappa shape index (κ2) is 11.8. The molecule has 0 aliphatic carbocycles. The molecule has 2 aromatic rings. The number of likely N-dealkylation sites (tertiary alicyclic amines) is 1. The highest BCUT2D eigenvalue weighted by atomic mass is 16.5. The molecular formula is C27H34N2O4. The highest BCUT2D eigenvalue weighted by molar-refractivity contribution is 5.80. The van der Waals surface area contributed by atoms with E-state index >= 15 is 0 Å². The number of hydrogen-bond donors (Lipinski definition) is 0. The first kappa shape index (κ1) is 23.3. The molecule has 6 heteroatoms. The highest BCUT2D eigenvalue weighted by Gasteiger charge is 2.32. The van der Waals surface area contributed by atoms with E-state index < -0.39 is 0 Å². The number of carbonyl (C=O) groups is 2. The summed E-state index contributed by atoms with van der Waals surface area (Å²) < 4.78 is 11.5. The third-order valence-corrected chi connectivity index (χ3v) is 6.50. The highest BCUT2D eigenvalue weighted by Crippen LogP contribution is 2.23. The Morgan fingerprint density at radius 3 is 2.33 bits per heavy atom. The van der Waals surface area contributed by atoms with Gasteiger partial charge in [0, 0.05) is 38.7 Å². The average molecular weight is 451 g/mol. The summed E-state index contributed by atoms with van der Waals surface area (Å²) >= 11 is 0. The molecule has 2 fully saturated rings. The summed E-state index contributed by atoms with van der Waals surface area (Å²) in [6.07, 6.45) is 3.97. The summed E-state index contributed by atoms with van der Waals surface area (Å²) in [7, 11) is 0. The van der Waals surface area contributed by atoms with E-state index in [1.54, 1.807) is 0 Å². The van der Waals surface area contributed by atoms with E-state index in [4.69, 9.17) is 9.47 Å². The molecule has 0 spiro atoms. The smallest absolute Gasteiger partial charge is 0.226 e. The van der Waals surface area contributed by atoms with Gasteiger partial charge >= 0.3 is 0 Å². The number of carbonyl (C=O) groups excluding carboxylic acids is 2. The molecular weight excluding hydrogens is 416 g/mol. The van der Waals surface area contributed by atoms with Gasteiger partial charge in [0.1, 0.15) is 5.75 Å². The molecule has 2 aliphatic rings. The maximum Gasteiger partial charge on any atom is 0.226 e. The van der Waals surface area contributed by atoms with Gasteiger partial charge in [-0.2, -0.15) is 0 Å². The summed E-state index contributed by atoms with van der Waals surface area (Å²) in [6.45, 7) is 3.65. The van der Waals surface area contributed by atoms with Crippen LogP contribution in [0.15, 0.2) is 60.7 Å². The molecule has 1 unspecified atom stereocenters. The van der Waals surface area contributed by atoms with Crippen LogP contribution in [-0.2, 0) is 20.9 Å². The van der Waals surface area contributed by atoms with Crippen LogP contribution in [0.25, 0.3) is 0 Å². The van der Waals surface area contributed by atoms with Crippen molar-refractivity contribution in [2.75, 3.05) is 32.8 Å². The van der Waals surface area contributed by atoms with Gasteiger partial charge in [0.15, 0.2) is 0 Å². The second-order valence-electron chi connectivity index (χ2n) is 8.91. The first-order chi connectivity index (χ1) is 16.2. The Morgan fingerprint density at radius 2 is 1.67 bits per heavy atom. The van der Waals surface area contributed by atoms with Crippen molar-refractivity contribution in [1.82, 2.24) is 9.80 Å². The molecule has 0 saturated carbocycles. The zero-order valence-electron chi connectivity index (χ0n) is 19.2. The van der Waals surface area contributed by atoms with Gasteiger partial charge in [-0.25, -0.2) is 0 Å². The molecule has 0 radical (unpaired) electrons. The van der Waals surface area contributed by atoms with Crippen molar-refractivity contribution >= 4 is 11.8 Å². The fourth-order valence-corrected chi connectivity index (χ4v) is 4.64. The topological polar surface area (TPSA) is 59.1 Å². The molecule has 4 rings (SSSR count). The normalized spacial score (nSPS) is 18.8. The molecule has 2 amide bonds. The molecule has 0 aromatic heterocycles. The number of hydrogen-bond acceptors (Lipinski definition) is 4. The van der Waals surface area contributed by atoms with E-state index in [1.165, 1.54) is 0 Å². The third kappa shape index (κ3) is 6.81. The van der Waals surface area contributed by atoms with Crippen LogP contribution in [-0.4, -0.2) is 60.6 Å². The van der Waals surface area contributed by atoms with Crippen LogP contribution in [0.3, 0.4) is 0 Å². The predicted octanol–water partition coefficient (Wildman–Crippen LogP) is 3.90. The van der Waals surface area contributed by atoms with E-state index in [1.807, 2.05) is 58.3 Å². The van der Waals surface area contributed by atoms with Crippen LogP contribution < -0.4 is 4.74 Å². The van der Waals surface area contributed by atoms with Crippen molar-refractivity contribution in [2.45, 2.75) is 44.8 Å². The molecule has 2 heterocycles. The van der Waals surface area contributed by atoms with Crippen molar-refractivity contribution in [1.29, 1.82) is 0 Å². The average Bonchev–Trinajstić information content (AvgIpc) is 3.38. The number of piperidine rings is 1. The molecule has 176 valence electrons. The number of benzene rings is 2. The minimum atomic E-state index is -0.0419. The molecule has 0 bridgehead atoms. The van der Waals surface area contributed by atoms with Crippen molar-refractivity contribution in [2.24, 2.45) is 5.92 Å². The number of para-hydroxylation sites is 1. The van der Waals surface area contributed by atoms with Crippen molar-refractivity contribution < 1.29 is 19.1 Å². The fraction of sp³-hybridized carbons (Fsp3) is 0.481. The standard InChI is InChI=1S/C27H34N2O4/c30-26(15-19-33-24-10-5-2-6-11-24)28-16-13-23(14-17-28)27(31)29(21-25-12-7-18-32-25)20-22-8-3-1-4-9-22/h1-6,8-11,23,25H,7,12-21H2. The molecule has 2 saturated heterocycles. The Labute approximate surface area is 196 Å². The Kier molecular flexibility index (Phi) is 8.36. The minimum Gasteiger partial charge on any atom is -0.493 e. The minimum absolute atomic E-state index is 0.0419. The van der Waals surface area contributed by atoms with Crippen LogP contribution in [0.5, 0.6) is 5.75 Å². The van der Waals surface area contributed by atoms with E-state index in [9.17, 15) is 9.59 Å². The van der Waals surface area contributed by atoms with Crippen molar-refractivity contribution in [3.8, 4) is 5.75 Å². The summed E-state index contributed by atoms with van der Waals surface area (Å²) in [5.74, 6) is 1.02. The Balaban J connectivity index is 1.27. The van der Waals surface area contributed by atoms with Crippen molar-refractivity contribution in [3.63, 3.8) is 0 Å². The molecule has 2 aromatic carbocycles. The van der Waals surface area contributed by atoms with Gasteiger partial charge in [0.25, 0.3) is 0 Å². The molecule has 0 N–H and O–H groups in total. The van der Waals surface area contributed by atoms with Gasteiger partial charge in [0.2, 0.25) is 11.8 Å². The van der Waals surface area contributed by atoms with Crippen LogP contribution >= 0.6 is 0 Å². The van der Waals surface area contributed by atoms with Crippen LogP contribution in [0.4, 0.5) is 0 Å². The fourth-order valence-electron chi connectivity index (χ4n) is 4.64. The summed E-state index contributed by atoms with van der Waals surface area (Å²) in [5, 5.41) is 0. The van der Waals surface area contributed by atoms with E-state index in [0.29, 0.717) is 52.0 Å². The SMILES string of the molecule is O=C(CCOc1ccccc1)N1CCC(C(=O)N(Cc2ccccc2)CC2CCCO2)CC1. The van der Waals surface area contributed by atoms with E-state index in [2.05, 4.69) is 12.1 Å². The van der Waals surface area contributed by atoms with Gasteiger partial charge in [-0.05, 0) is 43.4 Å². The van der Waals surface area contributed by atoms with Gasteiger partial charge in [-0.3, -0.25) is 9.59 Å². The summed E-state index contributed by atoms with van der Waals surface area (Å²) in [4.78, 5) is 29.9. The zero-order valence-corrected chi connectivity index (χ0v) is 19.2.